The average Bonchev–Trinajstić information content (AvgIpc) is 2.46. The minimum absolute atomic E-state index is 0.314. The zero-order valence-electron chi connectivity index (χ0n) is 10.9. The lowest BCUT2D eigenvalue weighted by Crippen LogP contribution is -1.98. The maximum atomic E-state index is 14.1. The van der Waals surface area contributed by atoms with E-state index >= 15 is 0 Å². The van der Waals surface area contributed by atoms with Gasteiger partial charge in [0.15, 0.2) is 0 Å². The second-order valence-corrected chi connectivity index (χ2v) is 4.08. The molecule has 4 heteroatoms. The SMILES string of the molecule is COc1ccc(-c2ccc(CN)cc2F)c(OC)c1. The van der Waals surface area contributed by atoms with Gasteiger partial charge in [-0.2, -0.15) is 0 Å². The summed E-state index contributed by atoms with van der Waals surface area (Å²) in [7, 11) is 3.12. The molecule has 19 heavy (non-hydrogen) atoms. The van der Waals surface area contributed by atoms with Crippen molar-refractivity contribution in [3.63, 3.8) is 0 Å². The summed E-state index contributed by atoms with van der Waals surface area (Å²) in [6.45, 7) is 0.316. The topological polar surface area (TPSA) is 44.5 Å². The number of hydrogen-bond donors (Lipinski definition) is 1. The Hall–Kier alpha value is -2.07. The van der Waals surface area contributed by atoms with Crippen molar-refractivity contribution in [1.82, 2.24) is 0 Å². The number of rotatable bonds is 4. The molecular formula is C15H16FNO2. The van der Waals surface area contributed by atoms with Crippen LogP contribution in [0.5, 0.6) is 11.5 Å². The highest BCUT2D eigenvalue weighted by Crippen LogP contribution is 2.34. The van der Waals surface area contributed by atoms with E-state index in [0.717, 1.165) is 5.56 Å². The van der Waals surface area contributed by atoms with Crippen molar-refractivity contribution in [1.29, 1.82) is 0 Å². The number of nitrogens with two attached hydrogens (primary N) is 1. The molecule has 0 amide bonds. The number of ether oxygens (including phenoxy) is 2. The Morgan fingerprint density at radius 3 is 2.32 bits per heavy atom. The smallest absolute Gasteiger partial charge is 0.131 e. The normalized spacial score (nSPS) is 10.3. The van der Waals surface area contributed by atoms with Crippen molar-refractivity contribution in [2.45, 2.75) is 6.54 Å². The fourth-order valence-corrected chi connectivity index (χ4v) is 1.93. The van der Waals surface area contributed by atoms with Crippen molar-refractivity contribution in [3.8, 4) is 22.6 Å². The quantitative estimate of drug-likeness (QED) is 0.920. The van der Waals surface area contributed by atoms with Gasteiger partial charge in [0.05, 0.1) is 14.2 Å². The van der Waals surface area contributed by atoms with E-state index in [1.807, 2.05) is 6.07 Å². The van der Waals surface area contributed by atoms with Gasteiger partial charge < -0.3 is 15.2 Å². The molecule has 0 unspecified atom stereocenters. The maximum Gasteiger partial charge on any atom is 0.131 e. The summed E-state index contributed by atoms with van der Waals surface area (Å²) in [4.78, 5) is 0. The standard InChI is InChI=1S/C15H16FNO2/c1-18-11-4-6-13(15(8-11)19-2)12-5-3-10(9-17)7-14(12)16/h3-8H,9,17H2,1-2H3. The van der Waals surface area contributed by atoms with Crippen LogP contribution in [0.2, 0.25) is 0 Å². The molecule has 2 aromatic carbocycles. The molecule has 2 rings (SSSR count). The van der Waals surface area contributed by atoms with E-state index in [1.54, 1.807) is 38.5 Å². The van der Waals surface area contributed by atoms with Gasteiger partial charge in [-0.25, -0.2) is 4.39 Å². The Labute approximate surface area is 111 Å². The monoisotopic (exact) mass is 261 g/mol. The molecule has 3 nitrogen and oxygen atoms in total. The van der Waals surface area contributed by atoms with Gasteiger partial charge in [0.1, 0.15) is 17.3 Å². The summed E-state index contributed by atoms with van der Waals surface area (Å²) in [5.41, 5.74) is 7.42. The van der Waals surface area contributed by atoms with Gasteiger partial charge in [-0.3, -0.25) is 0 Å². The third-order valence-corrected chi connectivity index (χ3v) is 2.97. The molecule has 0 aromatic heterocycles. The first-order valence-electron chi connectivity index (χ1n) is 5.90. The van der Waals surface area contributed by atoms with Crippen LogP contribution in [0.1, 0.15) is 5.56 Å². The molecule has 0 radical (unpaired) electrons. The van der Waals surface area contributed by atoms with E-state index in [1.165, 1.54) is 6.07 Å². The molecule has 0 spiro atoms. The number of hydrogen-bond acceptors (Lipinski definition) is 3. The summed E-state index contributed by atoms with van der Waals surface area (Å²) >= 11 is 0. The third-order valence-electron chi connectivity index (χ3n) is 2.97. The molecule has 0 aliphatic rings. The molecule has 0 heterocycles. The van der Waals surface area contributed by atoms with Crippen LogP contribution < -0.4 is 15.2 Å². The van der Waals surface area contributed by atoms with Gasteiger partial charge in [0, 0.05) is 23.7 Å². The summed E-state index contributed by atoms with van der Waals surface area (Å²) in [6.07, 6.45) is 0. The van der Waals surface area contributed by atoms with E-state index in [4.69, 9.17) is 15.2 Å². The molecule has 0 bridgehead atoms. The second-order valence-electron chi connectivity index (χ2n) is 4.08. The van der Waals surface area contributed by atoms with Crippen molar-refractivity contribution in [2.24, 2.45) is 5.73 Å². The molecule has 0 aliphatic heterocycles. The van der Waals surface area contributed by atoms with E-state index in [0.29, 0.717) is 29.2 Å². The summed E-state index contributed by atoms with van der Waals surface area (Å²) < 4.78 is 24.5. The van der Waals surface area contributed by atoms with Crippen molar-refractivity contribution >= 4 is 0 Å². The Kier molecular flexibility index (Phi) is 4.02. The van der Waals surface area contributed by atoms with Crippen molar-refractivity contribution in [3.05, 3.63) is 47.8 Å². The highest BCUT2D eigenvalue weighted by molar-refractivity contribution is 5.72. The third kappa shape index (κ3) is 2.69. The molecular weight excluding hydrogens is 245 g/mol. The minimum atomic E-state index is -0.314. The highest BCUT2D eigenvalue weighted by atomic mass is 19.1. The van der Waals surface area contributed by atoms with Gasteiger partial charge in [0.2, 0.25) is 0 Å². The molecule has 100 valence electrons. The lowest BCUT2D eigenvalue weighted by molar-refractivity contribution is 0.395. The Morgan fingerprint density at radius 1 is 1.00 bits per heavy atom. The van der Waals surface area contributed by atoms with E-state index in [2.05, 4.69) is 0 Å². The van der Waals surface area contributed by atoms with Crippen LogP contribution in [0.4, 0.5) is 4.39 Å². The fraction of sp³-hybridized carbons (Fsp3) is 0.200. The Balaban J connectivity index is 2.52. The van der Waals surface area contributed by atoms with Crippen LogP contribution >= 0.6 is 0 Å². The molecule has 0 atom stereocenters. The van der Waals surface area contributed by atoms with Crippen LogP contribution in [0.15, 0.2) is 36.4 Å². The Morgan fingerprint density at radius 2 is 1.74 bits per heavy atom. The molecule has 0 saturated heterocycles. The second kappa shape index (κ2) is 5.71. The number of halogens is 1. The number of benzene rings is 2. The first-order chi connectivity index (χ1) is 9.19. The van der Waals surface area contributed by atoms with E-state index in [9.17, 15) is 4.39 Å². The maximum absolute atomic E-state index is 14.1. The summed E-state index contributed by atoms with van der Waals surface area (Å²) in [5, 5.41) is 0. The molecule has 0 fully saturated rings. The largest absolute Gasteiger partial charge is 0.497 e. The van der Waals surface area contributed by atoms with Crippen molar-refractivity contribution in [2.75, 3.05) is 14.2 Å². The highest BCUT2D eigenvalue weighted by Gasteiger charge is 2.12. The van der Waals surface area contributed by atoms with Crippen molar-refractivity contribution < 1.29 is 13.9 Å². The summed E-state index contributed by atoms with van der Waals surface area (Å²) in [6, 6.07) is 10.2. The Bertz CT molecular complexity index is 584. The molecule has 2 N–H and O–H groups in total. The molecule has 0 saturated carbocycles. The zero-order valence-corrected chi connectivity index (χ0v) is 10.9. The zero-order chi connectivity index (χ0) is 13.8. The van der Waals surface area contributed by atoms with Gasteiger partial charge >= 0.3 is 0 Å². The molecule has 2 aromatic rings. The van der Waals surface area contributed by atoms with Crippen LogP contribution in [0.3, 0.4) is 0 Å². The fourth-order valence-electron chi connectivity index (χ4n) is 1.93. The number of methoxy groups -OCH3 is 2. The van der Waals surface area contributed by atoms with Crippen LogP contribution in [0, 0.1) is 5.82 Å². The predicted molar refractivity (Wildman–Crippen MR) is 72.8 cm³/mol. The van der Waals surface area contributed by atoms with E-state index < -0.39 is 0 Å². The van der Waals surface area contributed by atoms with E-state index in [-0.39, 0.29) is 5.82 Å². The van der Waals surface area contributed by atoms with Gasteiger partial charge in [-0.05, 0) is 23.8 Å². The van der Waals surface area contributed by atoms with Crippen LogP contribution in [-0.4, -0.2) is 14.2 Å². The van der Waals surface area contributed by atoms with Gasteiger partial charge in [0.25, 0.3) is 0 Å². The lowest BCUT2D eigenvalue weighted by atomic mass is 10.0. The minimum Gasteiger partial charge on any atom is -0.497 e. The van der Waals surface area contributed by atoms with Crippen LogP contribution in [-0.2, 0) is 6.54 Å². The van der Waals surface area contributed by atoms with Gasteiger partial charge in [-0.15, -0.1) is 0 Å². The van der Waals surface area contributed by atoms with Gasteiger partial charge in [-0.1, -0.05) is 12.1 Å². The predicted octanol–water partition coefficient (Wildman–Crippen LogP) is 2.97. The lowest BCUT2D eigenvalue weighted by Gasteiger charge is -2.12. The average molecular weight is 261 g/mol. The summed E-state index contributed by atoms with van der Waals surface area (Å²) in [5.74, 6) is 0.921. The van der Waals surface area contributed by atoms with Crippen LogP contribution in [0.25, 0.3) is 11.1 Å². The first-order valence-corrected chi connectivity index (χ1v) is 5.90. The molecule has 0 aliphatic carbocycles. The first kappa shape index (κ1) is 13.4.